The Morgan fingerprint density at radius 3 is 2.81 bits per heavy atom. The van der Waals surface area contributed by atoms with Gasteiger partial charge in [0.15, 0.2) is 0 Å². The molecule has 3 heterocycles. The molecule has 9 nitrogen and oxygen atoms in total. The minimum Gasteiger partial charge on any atom is -0.340 e. The van der Waals surface area contributed by atoms with Gasteiger partial charge in [-0.15, -0.1) is 11.3 Å². The molecule has 1 aliphatic rings. The van der Waals surface area contributed by atoms with Gasteiger partial charge in [-0.05, 0) is 24.6 Å². The average molecular weight is 485 g/mol. The molecule has 0 bridgehead atoms. The highest BCUT2D eigenvalue weighted by Gasteiger charge is 2.41. The van der Waals surface area contributed by atoms with E-state index >= 15 is 0 Å². The van der Waals surface area contributed by atoms with Crippen LogP contribution < -0.4 is 10.0 Å². The standard InChI is InChI=1S/C18H18ClFN6O3S2/c1-25-8-14(22-9-25)16-7-21-18(30-16)13-6-15(26(2)31(28,29)24-13)17(27)23-10-3-4-12(20)11(19)5-10/h3-5,7-9,13,15,24H,6H2,1-2H3,(H,23,27)/t13-,15+/m0/s1. The number of thiazole rings is 1. The van der Waals surface area contributed by atoms with Crippen LogP contribution in [0.5, 0.6) is 0 Å². The van der Waals surface area contributed by atoms with Crippen molar-refractivity contribution in [2.45, 2.75) is 18.5 Å². The van der Waals surface area contributed by atoms with E-state index in [9.17, 15) is 17.6 Å². The third-order valence-corrected chi connectivity index (χ3v) is 7.86. The molecule has 164 valence electrons. The van der Waals surface area contributed by atoms with Crippen LogP contribution in [-0.2, 0) is 22.1 Å². The van der Waals surface area contributed by atoms with Crippen molar-refractivity contribution in [1.82, 2.24) is 23.6 Å². The molecule has 3 aromatic rings. The van der Waals surface area contributed by atoms with Gasteiger partial charge in [0.05, 0.1) is 28.0 Å². The molecular formula is C18H18ClFN6O3S2. The number of nitrogens with one attached hydrogen (secondary N) is 2. The second-order valence-electron chi connectivity index (χ2n) is 7.05. The maximum Gasteiger partial charge on any atom is 0.280 e. The lowest BCUT2D eigenvalue weighted by molar-refractivity contribution is -0.120. The molecule has 2 N–H and O–H groups in total. The van der Waals surface area contributed by atoms with Crippen LogP contribution >= 0.6 is 22.9 Å². The number of halogens is 2. The fraction of sp³-hybridized carbons (Fsp3) is 0.278. The molecule has 31 heavy (non-hydrogen) atoms. The third-order valence-electron chi connectivity index (χ3n) is 4.84. The number of imidazole rings is 1. The molecule has 1 aromatic carbocycles. The van der Waals surface area contributed by atoms with Gasteiger partial charge < -0.3 is 9.88 Å². The first kappa shape index (κ1) is 21.8. The van der Waals surface area contributed by atoms with E-state index < -0.39 is 34.0 Å². The lowest BCUT2D eigenvalue weighted by Crippen LogP contribution is -2.55. The molecule has 0 radical (unpaired) electrons. The van der Waals surface area contributed by atoms with E-state index in [1.165, 1.54) is 30.5 Å². The summed E-state index contributed by atoms with van der Waals surface area (Å²) in [7, 11) is -0.759. The monoisotopic (exact) mass is 484 g/mol. The topological polar surface area (TPSA) is 109 Å². The number of carbonyl (C=O) groups excluding carboxylic acids is 1. The summed E-state index contributed by atoms with van der Waals surface area (Å²) in [5.74, 6) is -1.17. The number of hydrogen-bond acceptors (Lipinski definition) is 6. The van der Waals surface area contributed by atoms with Crippen molar-refractivity contribution in [3.63, 3.8) is 0 Å². The molecule has 1 amide bonds. The Morgan fingerprint density at radius 2 is 2.13 bits per heavy atom. The molecule has 0 saturated carbocycles. The van der Waals surface area contributed by atoms with Crippen LogP contribution in [0.4, 0.5) is 10.1 Å². The fourth-order valence-electron chi connectivity index (χ4n) is 3.18. The van der Waals surface area contributed by atoms with Crippen LogP contribution in [0.3, 0.4) is 0 Å². The summed E-state index contributed by atoms with van der Waals surface area (Å²) in [6.45, 7) is 0. The SMILES string of the molecule is CN1[C@@H](C(=O)Nc2ccc(F)c(Cl)c2)C[C@@H](c2ncc(-c3cn(C)cn3)s2)NS1(=O)=O. The number of amides is 1. The molecule has 1 aliphatic heterocycles. The highest BCUT2D eigenvalue weighted by Crippen LogP contribution is 2.34. The van der Waals surface area contributed by atoms with Crippen molar-refractivity contribution in [3.05, 3.63) is 52.8 Å². The minimum atomic E-state index is -3.93. The van der Waals surface area contributed by atoms with Gasteiger partial charge in [-0.1, -0.05) is 11.6 Å². The molecule has 13 heteroatoms. The second-order valence-corrected chi connectivity index (χ2v) is 10.3. The first-order valence-electron chi connectivity index (χ1n) is 9.09. The molecule has 0 unspecified atom stereocenters. The Balaban J connectivity index is 1.57. The number of benzene rings is 1. The number of aryl methyl sites for hydroxylation is 1. The molecule has 0 aliphatic carbocycles. The summed E-state index contributed by atoms with van der Waals surface area (Å²) >= 11 is 7.06. The molecule has 0 spiro atoms. The van der Waals surface area contributed by atoms with E-state index in [2.05, 4.69) is 20.0 Å². The van der Waals surface area contributed by atoms with Crippen LogP contribution in [0.15, 0.2) is 36.9 Å². The Labute approximate surface area is 187 Å². The third kappa shape index (κ3) is 4.48. The minimum absolute atomic E-state index is 0.146. The fourth-order valence-corrected chi connectivity index (χ4v) is 5.63. The van der Waals surface area contributed by atoms with Crippen LogP contribution in [0.25, 0.3) is 10.6 Å². The first-order valence-corrected chi connectivity index (χ1v) is 11.7. The van der Waals surface area contributed by atoms with Crippen LogP contribution in [0.1, 0.15) is 17.5 Å². The zero-order valence-electron chi connectivity index (χ0n) is 16.4. The predicted octanol–water partition coefficient (Wildman–Crippen LogP) is 2.55. The molecule has 2 aromatic heterocycles. The molecule has 4 rings (SSSR count). The summed E-state index contributed by atoms with van der Waals surface area (Å²) in [4.78, 5) is 22.3. The number of aromatic nitrogens is 3. The summed E-state index contributed by atoms with van der Waals surface area (Å²) in [6.07, 6.45) is 5.28. The van der Waals surface area contributed by atoms with E-state index in [-0.39, 0.29) is 17.1 Å². The van der Waals surface area contributed by atoms with Gasteiger partial charge in [-0.3, -0.25) is 4.79 Å². The van der Waals surface area contributed by atoms with Gasteiger partial charge >= 0.3 is 0 Å². The van der Waals surface area contributed by atoms with E-state index in [0.717, 1.165) is 20.9 Å². The molecule has 1 saturated heterocycles. The molecule has 1 fully saturated rings. The highest BCUT2D eigenvalue weighted by molar-refractivity contribution is 7.87. The van der Waals surface area contributed by atoms with Crippen molar-refractivity contribution in [3.8, 4) is 10.6 Å². The zero-order chi connectivity index (χ0) is 22.3. The average Bonchev–Trinajstić information content (AvgIpc) is 3.35. The van der Waals surface area contributed by atoms with E-state index in [0.29, 0.717) is 5.01 Å². The summed E-state index contributed by atoms with van der Waals surface area (Å²) in [5, 5.41) is 2.98. The quantitative estimate of drug-likeness (QED) is 0.591. The maximum absolute atomic E-state index is 13.4. The van der Waals surface area contributed by atoms with Crippen LogP contribution in [-0.4, -0.2) is 46.3 Å². The maximum atomic E-state index is 13.4. The highest BCUT2D eigenvalue weighted by atomic mass is 35.5. The number of nitrogens with zero attached hydrogens (tertiary/aromatic N) is 4. The summed E-state index contributed by atoms with van der Waals surface area (Å²) in [5.41, 5.74) is 0.994. The van der Waals surface area contributed by atoms with Gasteiger partial charge in [0.25, 0.3) is 10.2 Å². The summed E-state index contributed by atoms with van der Waals surface area (Å²) < 4.78 is 44.0. The van der Waals surface area contributed by atoms with E-state index in [4.69, 9.17) is 11.6 Å². The number of likely N-dealkylation sites (N-methyl/N-ethyl adjacent to an activating group) is 1. The Kier molecular flexibility index (Phi) is 5.83. The largest absolute Gasteiger partial charge is 0.340 e. The van der Waals surface area contributed by atoms with Crippen molar-refractivity contribution in [2.75, 3.05) is 12.4 Å². The Morgan fingerprint density at radius 1 is 1.35 bits per heavy atom. The van der Waals surface area contributed by atoms with Crippen molar-refractivity contribution in [1.29, 1.82) is 0 Å². The lowest BCUT2D eigenvalue weighted by atomic mass is 10.1. The summed E-state index contributed by atoms with van der Waals surface area (Å²) in [6, 6.07) is 2.06. The predicted molar refractivity (Wildman–Crippen MR) is 115 cm³/mol. The van der Waals surface area contributed by atoms with Crippen LogP contribution in [0, 0.1) is 5.82 Å². The molecular weight excluding hydrogens is 467 g/mol. The van der Waals surface area contributed by atoms with Gasteiger partial charge in [0.2, 0.25) is 5.91 Å². The normalized spacial score (nSPS) is 21.2. The smallest absolute Gasteiger partial charge is 0.280 e. The van der Waals surface area contributed by atoms with Crippen LogP contribution in [0.2, 0.25) is 5.02 Å². The second kappa shape index (κ2) is 8.28. The Bertz CT molecular complexity index is 1240. The number of anilines is 1. The van der Waals surface area contributed by atoms with Crippen molar-refractivity contribution >= 4 is 44.7 Å². The van der Waals surface area contributed by atoms with Gasteiger partial charge in [-0.2, -0.15) is 17.4 Å². The van der Waals surface area contributed by atoms with Gasteiger partial charge in [-0.25, -0.2) is 14.4 Å². The molecule has 2 atom stereocenters. The zero-order valence-corrected chi connectivity index (χ0v) is 18.8. The lowest BCUT2D eigenvalue weighted by Gasteiger charge is -2.35. The Hall–Kier alpha value is -2.38. The van der Waals surface area contributed by atoms with Crippen molar-refractivity contribution in [2.24, 2.45) is 7.05 Å². The van der Waals surface area contributed by atoms with E-state index in [1.807, 2.05) is 13.2 Å². The first-order chi connectivity index (χ1) is 14.6. The number of rotatable bonds is 4. The van der Waals surface area contributed by atoms with Crippen molar-refractivity contribution < 1.29 is 17.6 Å². The van der Waals surface area contributed by atoms with Gasteiger partial charge in [0.1, 0.15) is 16.9 Å². The number of hydrogen-bond donors (Lipinski definition) is 2. The number of carbonyl (C=O) groups is 1. The van der Waals surface area contributed by atoms with Gasteiger partial charge in [0, 0.05) is 32.2 Å². The van der Waals surface area contributed by atoms with E-state index in [1.54, 1.807) is 17.1 Å².